The molecule has 7 nitrogen and oxygen atoms in total. The van der Waals surface area contributed by atoms with Crippen LogP contribution in [-0.2, 0) is 13.1 Å². The zero-order valence-electron chi connectivity index (χ0n) is 20.0. The number of anilines is 2. The largest absolute Gasteiger partial charge is 0.457 e. The van der Waals surface area contributed by atoms with Crippen LogP contribution in [0.4, 0.5) is 11.5 Å². The molecule has 0 bridgehead atoms. The van der Waals surface area contributed by atoms with E-state index >= 15 is 0 Å². The summed E-state index contributed by atoms with van der Waals surface area (Å²) in [6.45, 7) is 6.69. The lowest BCUT2D eigenvalue weighted by Gasteiger charge is -2.35. The molecule has 0 amide bonds. The Hall–Kier alpha value is -3.58. The molecular weight excluding hydrogens is 460 g/mol. The molecule has 35 heavy (non-hydrogen) atoms. The molecule has 0 saturated heterocycles. The van der Waals surface area contributed by atoms with Gasteiger partial charge in [-0.2, -0.15) is 0 Å². The van der Waals surface area contributed by atoms with Crippen molar-refractivity contribution >= 4 is 23.1 Å². The third-order valence-electron chi connectivity index (χ3n) is 6.08. The van der Waals surface area contributed by atoms with Gasteiger partial charge in [0, 0.05) is 54.0 Å². The van der Waals surface area contributed by atoms with Gasteiger partial charge in [0.05, 0.1) is 12.6 Å². The number of hydrogen-bond donors (Lipinski definition) is 1. The van der Waals surface area contributed by atoms with Crippen LogP contribution in [0.3, 0.4) is 0 Å². The number of imidazole rings is 1. The molecular formula is C27H29ClN6O. The highest BCUT2D eigenvalue weighted by Gasteiger charge is 2.28. The van der Waals surface area contributed by atoms with E-state index < -0.39 is 0 Å². The van der Waals surface area contributed by atoms with Gasteiger partial charge >= 0.3 is 0 Å². The van der Waals surface area contributed by atoms with E-state index in [-0.39, 0.29) is 6.04 Å². The van der Waals surface area contributed by atoms with E-state index in [1.165, 1.54) is 0 Å². The van der Waals surface area contributed by atoms with Crippen molar-refractivity contribution in [1.82, 2.24) is 19.5 Å². The van der Waals surface area contributed by atoms with Crippen LogP contribution in [0.1, 0.15) is 43.0 Å². The predicted molar refractivity (Wildman–Crippen MR) is 139 cm³/mol. The lowest BCUT2D eigenvalue weighted by molar-refractivity contribution is 0.483. The van der Waals surface area contributed by atoms with Crippen LogP contribution >= 0.6 is 11.6 Å². The summed E-state index contributed by atoms with van der Waals surface area (Å²) in [6, 6.07) is 15.5. The van der Waals surface area contributed by atoms with Gasteiger partial charge in [0.2, 0.25) is 0 Å². The monoisotopic (exact) mass is 488 g/mol. The highest BCUT2D eigenvalue weighted by atomic mass is 35.5. The Morgan fingerprint density at radius 3 is 2.77 bits per heavy atom. The quantitative estimate of drug-likeness (QED) is 0.309. The van der Waals surface area contributed by atoms with Crippen molar-refractivity contribution in [3.05, 3.63) is 89.4 Å². The first-order valence-electron chi connectivity index (χ1n) is 12.0. The Morgan fingerprint density at radius 1 is 1.11 bits per heavy atom. The lowest BCUT2D eigenvalue weighted by atomic mass is 10.00. The minimum absolute atomic E-state index is 0.0960. The molecule has 0 saturated carbocycles. The van der Waals surface area contributed by atoms with E-state index in [0.29, 0.717) is 10.8 Å². The van der Waals surface area contributed by atoms with E-state index in [4.69, 9.17) is 21.3 Å². The molecule has 1 aliphatic rings. The standard InChI is InChI=1S/C27H29ClN6O/c1-3-12-33-14-11-29-26(33)18-34-13-10-25(24-17-30-19(2)31-27(24)34)32-21-7-5-9-23(16-21)35-22-8-4-6-20(28)15-22/h4-9,11,14-17,25,32H,3,10,12-13,18H2,1-2H3. The molecule has 4 aromatic rings. The first-order chi connectivity index (χ1) is 17.1. The fourth-order valence-electron chi connectivity index (χ4n) is 4.44. The third kappa shape index (κ3) is 5.41. The van der Waals surface area contributed by atoms with E-state index in [0.717, 1.165) is 66.9 Å². The minimum Gasteiger partial charge on any atom is -0.457 e. The van der Waals surface area contributed by atoms with Gasteiger partial charge in [0.15, 0.2) is 0 Å². The Morgan fingerprint density at radius 2 is 1.94 bits per heavy atom. The maximum absolute atomic E-state index is 6.10. The van der Waals surface area contributed by atoms with Crippen LogP contribution < -0.4 is 15.0 Å². The summed E-state index contributed by atoms with van der Waals surface area (Å²) in [7, 11) is 0. The second-order valence-corrected chi connectivity index (χ2v) is 9.16. The summed E-state index contributed by atoms with van der Waals surface area (Å²) in [4.78, 5) is 16.2. The predicted octanol–water partition coefficient (Wildman–Crippen LogP) is 6.40. The van der Waals surface area contributed by atoms with E-state index in [1.807, 2.05) is 61.8 Å². The van der Waals surface area contributed by atoms with Crippen molar-refractivity contribution in [1.29, 1.82) is 0 Å². The molecule has 1 atom stereocenters. The van der Waals surface area contributed by atoms with Crippen LogP contribution in [0.5, 0.6) is 11.5 Å². The number of aromatic nitrogens is 4. The van der Waals surface area contributed by atoms with Crippen LogP contribution in [-0.4, -0.2) is 26.1 Å². The average molecular weight is 489 g/mol. The van der Waals surface area contributed by atoms with Gasteiger partial charge in [-0.3, -0.25) is 0 Å². The zero-order chi connectivity index (χ0) is 24.2. The Balaban J connectivity index is 1.35. The normalized spacial score (nSPS) is 15.1. The summed E-state index contributed by atoms with van der Waals surface area (Å²) in [5.74, 6) is 4.25. The molecule has 1 N–H and O–H groups in total. The summed E-state index contributed by atoms with van der Waals surface area (Å²) in [5, 5.41) is 4.32. The first-order valence-corrected chi connectivity index (χ1v) is 12.4. The topological polar surface area (TPSA) is 68.1 Å². The number of fused-ring (bicyclic) bond motifs is 1. The third-order valence-corrected chi connectivity index (χ3v) is 6.32. The number of hydrogen-bond acceptors (Lipinski definition) is 6. The van der Waals surface area contributed by atoms with Crippen molar-refractivity contribution in [3.8, 4) is 11.5 Å². The molecule has 2 aromatic carbocycles. The summed E-state index contributed by atoms with van der Waals surface area (Å²) < 4.78 is 8.24. The number of aryl methyl sites for hydroxylation is 2. The number of halogens is 1. The van der Waals surface area contributed by atoms with Crippen LogP contribution in [0.25, 0.3) is 0 Å². The highest BCUT2D eigenvalue weighted by Crippen LogP contribution is 2.36. The van der Waals surface area contributed by atoms with Gasteiger partial charge in [-0.05, 0) is 50.1 Å². The number of nitrogens with one attached hydrogen (secondary N) is 1. The van der Waals surface area contributed by atoms with Crippen LogP contribution in [0.15, 0.2) is 67.1 Å². The van der Waals surface area contributed by atoms with Crippen molar-refractivity contribution in [3.63, 3.8) is 0 Å². The van der Waals surface area contributed by atoms with Crippen LogP contribution in [0, 0.1) is 6.92 Å². The molecule has 8 heteroatoms. The maximum Gasteiger partial charge on any atom is 0.137 e. The molecule has 0 fully saturated rings. The zero-order valence-corrected chi connectivity index (χ0v) is 20.7. The molecule has 0 spiro atoms. The van der Waals surface area contributed by atoms with Crippen molar-refractivity contribution in [2.45, 2.75) is 45.8 Å². The van der Waals surface area contributed by atoms with E-state index in [2.05, 4.69) is 37.9 Å². The van der Waals surface area contributed by atoms with Gasteiger partial charge in [0.1, 0.15) is 29.0 Å². The fourth-order valence-corrected chi connectivity index (χ4v) is 4.62. The summed E-state index contributed by atoms with van der Waals surface area (Å²) in [5.41, 5.74) is 2.07. The molecule has 180 valence electrons. The summed E-state index contributed by atoms with van der Waals surface area (Å²) in [6.07, 6.45) is 7.88. The molecule has 2 aromatic heterocycles. The SMILES string of the molecule is CCCn1ccnc1CN1CCC(Nc2cccc(Oc3cccc(Cl)c3)c2)c2cnc(C)nc21. The summed E-state index contributed by atoms with van der Waals surface area (Å²) >= 11 is 6.10. The van der Waals surface area contributed by atoms with Gasteiger partial charge in [-0.1, -0.05) is 30.7 Å². The molecule has 5 rings (SSSR count). The van der Waals surface area contributed by atoms with Gasteiger partial charge in [-0.15, -0.1) is 0 Å². The second-order valence-electron chi connectivity index (χ2n) is 8.73. The molecule has 3 heterocycles. The number of rotatable bonds is 8. The van der Waals surface area contributed by atoms with E-state index in [9.17, 15) is 0 Å². The average Bonchev–Trinajstić information content (AvgIpc) is 3.28. The molecule has 1 aliphatic heterocycles. The Kier molecular flexibility index (Phi) is 6.86. The highest BCUT2D eigenvalue weighted by molar-refractivity contribution is 6.30. The van der Waals surface area contributed by atoms with Gasteiger partial charge in [0.25, 0.3) is 0 Å². The van der Waals surface area contributed by atoms with Crippen LogP contribution in [0.2, 0.25) is 5.02 Å². The smallest absolute Gasteiger partial charge is 0.137 e. The fraction of sp³-hybridized carbons (Fsp3) is 0.296. The Labute approximate surface area is 210 Å². The number of nitrogens with zero attached hydrogens (tertiary/aromatic N) is 5. The maximum atomic E-state index is 6.10. The molecule has 0 aliphatic carbocycles. The minimum atomic E-state index is 0.0960. The van der Waals surface area contributed by atoms with Crippen molar-refractivity contribution in [2.24, 2.45) is 0 Å². The van der Waals surface area contributed by atoms with Crippen molar-refractivity contribution < 1.29 is 4.74 Å². The molecule has 1 unspecified atom stereocenters. The van der Waals surface area contributed by atoms with E-state index in [1.54, 1.807) is 6.07 Å². The van der Waals surface area contributed by atoms with Gasteiger partial charge < -0.3 is 19.5 Å². The number of benzene rings is 2. The van der Waals surface area contributed by atoms with Crippen molar-refractivity contribution in [2.75, 3.05) is 16.8 Å². The van der Waals surface area contributed by atoms with Gasteiger partial charge in [-0.25, -0.2) is 15.0 Å². The lowest BCUT2D eigenvalue weighted by Crippen LogP contribution is -2.35. The Bertz CT molecular complexity index is 1310. The molecule has 0 radical (unpaired) electrons. The second kappa shape index (κ2) is 10.4. The number of ether oxygens (including phenoxy) is 1. The first kappa shape index (κ1) is 23.2.